The van der Waals surface area contributed by atoms with Gasteiger partial charge in [0.1, 0.15) is 0 Å². The van der Waals surface area contributed by atoms with Gasteiger partial charge in [0, 0.05) is 5.56 Å². The number of hydrogen-bond donors (Lipinski definition) is 1. The molecule has 0 radical (unpaired) electrons. The molecular weight excluding hydrogens is 164 g/mol. The van der Waals surface area contributed by atoms with Gasteiger partial charge in [0.15, 0.2) is 5.78 Å². The van der Waals surface area contributed by atoms with E-state index in [4.69, 9.17) is 11.0 Å². The van der Waals surface area contributed by atoms with Gasteiger partial charge < -0.3 is 5.73 Å². The highest BCUT2D eigenvalue weighted by Crippen LogP contribution is 2.06. The van der Waals surface area contributed by atoms with Crippen molar-refractivity contribution in [2.45, 2.75) is 13.0 Å². The first kappa shape index (κ1) is 9.43. The summed E-state index contributed by atoms with van der Waals surface area (Å²) in [5, 5.41) is 8.59. The maximum atomic E-state index is 11.4. The van der Waals surface area contributed by atoms with Crippen LogP contribution in [0.25, 0.3) is 0 Å². The fourth-order valence-corrected chi connectivity index (χ4v) is 1.00. The van der Waals surface area contributed by atoms with Crippen molar-refractivity contribution >= 4 is 5.78 Å². The number of benzene rings is 1. The smallest absolute Gasteiger partial charge is 0.179 e. The van der Waals surface area contributed by atoms with Gasteiger partial charge in [-0.2, -0.15) is 5.26 Å². The average Bonchev–Trinajstić information content (AvgIpc) is 2.16. The van der Waals surface area contributed by atoms with Gasteiger partial charge in [-0.3, -0.25) is 4.79 Å². The monoisotopic (exact) mass is 174 g/mol. The van der Waals surface area contributed by atoms with Crippen LogP contribution in [0.2, 0.25) is 0 Å². The third kappa shape index (κ3) is 2.14. The summed E-state index contributed by atoms with van der Waals surface area (Å²) in [6.07, 6.45) is 0. The lowest BCUT2D eigenvalue weighted by Gasteiger charge is -2.03. The van der Waals surface area contributed by atoms with Crippen LogP contribution in [0, 0.1) is 11.3 Å². The minimum Gasteiger partial charge on any atom is -0.321 e. The highest BCUT2D eigenvalue weighted by molar-refractivity contribution is 5.99. The van der Waals surface area contributed by atoms with E-state index in [1.165, 1.54) is 0 Å². The van der Waals surface area contributed by atoms with E-state index in [1.54, 1.807) is 31.2 Å². The van der Waals surface area contributed by atoms with Crippen molar-refractivity contribution < 1.29 is 4.79 Å². The third-order valence-corrected chi connectivity index (χ3v) is 1.69. The highest BCUT2D eigenvalue weighted by atomic mass is 16.1. The molecule has 0 spiro atoms. The van der Waals surface area contributed by atoms with E-state index in [2.05, 4.69) is 0 Å². The van der Waals surface area contributed by atoms with Gasteiger partial charge >= 0.3 is 0 Å². The minimum absolute atomic E-state index is 0.142. The molecule has 3 nitrogen and oxygen atoms in total. The van der Waals surface area contributed by atoms with Gasteiger partial charge in [0.2, 0.25) is 0 Å². The van der Waals surface area contributed by atoms with Gasteiger partial charge in [-0.1, -0.05) is 12.1 Å². The molecule has 0 amide bonds. The number of hydrogen-bond acceptors (Lipinski definition) is 3. The Kier molecular flexibility index (Phi) is 2.78. The predicted octanol–water partition coefficient (Wildman–Crippen LogP) is 1.09. The lowest BCUT2D eigenvalue weighted by molar-refractivity contribution is 0.0968. The third-order valence-electron chi connectivity index (χ3n) is 1.69. The summed E-state index contributed by atoms with van der Waals surface area (Å²) in [4.78, 5) is 11.4. The van der Waals surface area contributed by atoms with Crippen molar-refractivity contribution in [1.82, 2.24) is 0 Å². The van der Waals surface area contributed by atoms with E-state index in [0.29, 0.717) is 11.1 Å². The lowest BCUT2D eigenvalue weighted by atomic mass is 10.0. The highest BCUT2D eigenvalue weighted by Gasteiger charge is 2.10. The normalized spacial score (nSPS) is 11.8. The van der Waals surface area contributed by atoms with E-state index >= 15 is 0 Å². The molecule has 0 aliphatic carbocycles. The second-order valence-electron chi connectivity index (χ2n) is 2.85. The molecular formula is C10H10N2O. The van der Waals surface area contributed by atoms with Gasteiger partial charge in [0.25, 0.3) is 0 Å². The number of ketones is 1. The van der Waals surface area contributed by atoms with Crippen molar-refractivity contribution in [2.24, 2.45) is 5.73 Å². The van der Waals surface area contributed by atoms with Crippen LogP contribution >= 0.6 is 0 Å². The largest absolute Gasteiger partial charge is 0.321 e. The summed E-state index contributed by atoms with van der Waals surface area (Å²) >= 11 is 0. The van der Waals surface area contributed by atoms with E-state index < -0.39 is 6.04 Å². The molecule has 66 valence electrons. The number of carbonyl (C=O) groups is 1. The van der Waals surface area contributed by atoms with Crippen molar-refractivity contribution in [3.63, 3.8) is 0 Å². The van der Waals surface area contributed by atoms with Gasteiger partial charge in [-0.05, 0) is 19.1 Å². The molecule has 2 N–H and O–H groups in total. The van der Waals surface area contributed by atoms with Crippen LogP contribution in [0.3, 0.4) is 0 Å². The van der Waals surface area contributed by atoms with Crippen molar-refractivity contribution in [3.8, 4) is 6.07 Å². The van der Waals surface area contributed by atoms with Gasteiger partial charge in [-0.15, -0.1) is 0 Å². The van der Waals surface area contributed by atoms with Crippen molar-refractivity contribution in [3.05, 3.63) is 35.4 Å². The van der Waals surface area contributed by atoms with Crippen LogP contribution in [0.15, 0.2) is 24.3 Å². The van der Waals surface area contributed by atoms with E-state index in [9.17, 15) is 4.79 Å². The Balaban J connectivity index is 3.04. The average molecular weight is 174 g/mol. The maximum Gasteiger partial charge on any atom is 0.179 e. The molecule has 1 atom stereocenters. The maximum absolute atomic E-state index is 11.4. The summed E-state index contributed by atoms with van der Waals surface area (Å²) in [7, 11) is 0. The van der Waals surface area contributed by atoms with Crippen LogP contribution in [0.4, 0.5) is 0 Å². The Bertz CT molecular complexity index is 363. The summed E-state index contributed by atoms with van der Waals surface area (Å²) in [5.74, 6) is -0.142. The quantitative estimate of drug-likeness (QED) is 0.682. The molecule has 13 heavy (non-hydrogen) atoms. The van der Waals surface area contributed by atoms with E-state index in [0.717, 1.165) is 0 Å². The van der Waals surface area contributed by atoms with E-state index in [1.807, 2.05) is 6.07 Å². The van der Waals surface area contributed by atoms with Gasteiger partial charge in [-0.25, -0.2) is 0 Å². The molecule has 1 aromatic rings. The Morgan fingerprint density at radius 2 is 2.31 bits per heavy atom. The fraction of sp³-hybridized carbons (Fsp3) is 0.200. The molecule has 0 saturated carbocycles. The number of rotatable bonds is 2. The first-order valence-electron chi connectivity index (χ1n) is 3.95. The lowest BCUT2D eigenvalue weighted by Crippen LogP contribution is -2.26. The number of nitrogens with zero attached hydrogens (tertiary/aromatic N) is 1. The van der Waals surface area contributed by atoms with Crippen LogP contribution in [-0.4, -0.2) is 11.8 Å². The molecule has 0 aliphatic rings. The Hall–Kier alpha value is -1.66. The zero-order valence-electron chi connectivity index (χ0n) is 7.32. The summed E-state index contributed by atoms with van der Waals surface area (Å²) < 4.78 is 0. The Morgan fingerprint density at radius 1 is 1.62 bits per heavy atom. The predicted molar refractivity (Wildman–Crippen MR) is 49.1 cm³/mol. The summed E-state index contributed by atoms with van der Waals surface area (Å²) in [6, 6.07) is 7.98. The fourth-order valence-electron chi connectivity index (χ4n) is 1.00. The molecule has 3 heteroatoms. The molecule has 1 aromatic carbocycles. The second-order valence-corrected chi connectivity index (χ2v) is 2.85. The molecule has 0 aliphatic heterocycles. The van der Waals surface area contributed by atoms with Crippen molar-refractivity contribution in [2.75, 3.05) is 0 Å². The van der Waals surface area contributed by atoms with Gasteiger partial charge in [0.05, 0.1) is 17.7 Å². The Labute approximate surface area is 76.8 Å². The number of nitrogens with two attached hydrogens (primary N) is 1. The molecule has 0 aromatic heterocycles. The van der Waals surface area contributed by atoms with Crippen LogP contribution in [-0.2, 0) is 0 Å². The zero-order valence-corrected chi connectivity index (χ0v) is 7.32. The SMILES string of the molecule is CC(N)C(=O)c1cccc(C#N)c1. The number of Topliss-reactive ketones (excluding diaryl/α,β-unsaturated/α-hetero) is 1. The molecule has 1 unspecified atom stereocenters. The molecule has 0 saturated heterocycles. The topological polar surface area (TPSA) is 66.9 Å². The van der Waals surface area contributed by atoms with E-state index in [-0.39, 0.29) is 5.78 Å². The standard InChI is InChI=1S/C10H10N2O/c1-7(12)10(13)9-4-2-3-8(5-9)6-11/h2-5,7H,12H2,1H3. The molecule has 0 fully saturated rings. The summed E-state index contributed by atoms with van der Waals surface area (Å²) in [5.41, 5.74) is 6.40. The Morgan fingerprint density at radius 3 is 2.85 bits per heavy atom. The van der Waals surface area contributed by atoms with Crippen molar-refractivity contribution in [1.29, 1.82) is 5.26 Å². The molecule has 0 bridgehead atoms. The molecule has 1 rings (SSSR count). The first-order valence-corrected chi connectivity index (χ1v) is 3.95. The van der Waals surface area contributed by atoms with Crippen LogP contribution < -0.4 is 5.73 Å². The molecule has 0 heterocycles. The number of carbonyl (C=O) groups excluding carboxylic acids is 1. The zero-order chi connectivity index (χ0) is 9.84. The first-order chi connectivity index (χ1) is 6.15. The van der Waals surface area contributed by atoms with Crippen LogP contribution in [0.1, 0.15) is 22.8 Å². The summed E-state index contributed by atoms with van der Waals surface area (Å²) in [6.45, 7) is 1.63. The minimum atomic E-state index is -0.519. The van der Waals surface area contributed by atoms with Crippen LogP contribution in [0.5, 0.6) is 0 Å². The number of nitriles is 1. The second kappa shape index (κ2) is 3.83.